The van der Waals surface area contributed by atoms with Gasteiger partial charge in [0.2, 0.25) is 5.88 Å². The first-order valence-corrected chi connectivity index (χ1v) is 5.90. The summed E-state index contributed by atoms with van der Waals surface area (Å²) in [7, 11) is 0. The van der Waals surface area contributed by atoms with Crippen LogP contribution in [0.15, 0.2) is 17.2 Å². The number of pyridine rings is 1. The summed E-state index contributed by atoms with van der Waals surface area (Å²) in [6.45, 7) is 5.90. The molecule has 0 unspecified atom stereocenters. The first kappa shape index (κ1) is 11.5. The van der Waals surface area contributed by atoms with Gasteiger partial charge in [-0.05, 0) is 13.0 Å². The third kappa shape index (κ3) is 2.59. The molecule has 1 saturated heterocycles. The zero-order chi connectivity index (χ0) is 11.4. The summed E-state index contributed by atoms with van der Waals surface area (Å²) in [4.78, 5) is 7.29. The van der Waals surface area contributed by atoms with E-state index < -0.39 is 0 Å². The lowest BCUT2D eigenvalue weighted by Gasteiger charge is -2.28. The lowest BCUT2D eigenvalue weighted by Crippen LogP contribution is -2.36. The quantitative estimate of drug-likeness (QED) is 0.814. The fourth-order valence-electron chi connectivity index (χ4n) is 1.67. The average molecular weight is 240 g/mol. The number of nitrogens with zero attached hydrogens (tertiary/aromatic N) is 2. The van der Waals surface area contributed by atoms with Crippen LogP contribution < -0.4 is 9.64 Å². The molecule has 5 heteroatoms. The van der Waals surface area contributed by atoms with Crippen molar-refractivity contribution in [1.82, 2.24) is 4.98 Å². The molecule has 4 nitrogen and oxygen atoms in total. The Bertz CT molecular complexity index is 354. The second-order valence-corrected chi connectivity index (χ2v) is 4.03. The van der Waals surface area contributed by atoms with E-state index in [1.165, 1.54) is 0 Å². The second-order valence-electron chi connectivity index (χ2n) is 3.55. The molecule has 0 spiro atoms. The molecule has 0 radical (unpaired) electrons. The molecule has 0 aliphatic carbocycles. The summed E-state index contributed by atoms with van der Waals surface area (Å²) in [6.07, 6.45) is 1.83. The Morgan fingerprint density at radius 2 is 2.25 bits per heavy atom. The molecule has 0 saturated carbocycles. The molecular weight excluding hydrogens is 224 g/mol. The van der Waals surface area contributed by atoms with Crippen molar-refractivity contribution in [2.75, 3.05) is 37.8 Å². The number of anilines is 1. The van der Waals surface area contributed by atoms with Gasteiger partial charge in [0.05, 0.1) is 36.6 Å². The van der Waals surface area contributed by atoms with E-state index in [0.29, 0.717) is 12.5 Å². The maximum Gasteiger partial charge on any atom is 0.227 e. The molecule has 1 aromatic rings. The molecule has 0 amide bonds. The summed E-state index contributed by atoms with van der Waals surface area (Å²) in [5.41, 5.74) is 1.08. The minimum Gasteiger partial charge on any atom is -0.477 e. The van der Waals surface area contributed by atoms with E-state index in [9.17, 15) is 0 Å². The van der Waals surface area contributed by atoms with Gasteiger partial charge in [0, 0.05) is 13.1 Å². The van der Waals surface area contributed by atoms with Crippen molar-refractivity contribution < 1.29 is 9.47 Å². The van der Waals surface area contributed by atoms with Crippen molar-refractivity contribution in [1.29, 1.82) is 0 Å². The van der Waals surface area contributed by atoms with Gasteiger partial charge in [0.25, 0.3) is 0 Å². The van der Waals surface area contributed by atoms with E-state index >= 15 is 0 Å². The molecule has 0 atom stereocenters. The van der Waals surface area contributed by atoms with Gasteiger partial charge in [-0.2, -0.15) is 0 Å². The normalized spacial score (nSPS) is 16.2. The maximum absolute atomic E-state index is 5.35. The minimum atomic E-state index is 0.600. The van der Waals surface area contributed by atoms with Crippen LogP contribution in [-0.4, -0.2) is 37.9 Å². The monoisotopic (exact) mass is 240 g/mol. The van der Waals surface area contributed by atoms with Gasteiger partial charge in [0.15, 0.2) is 0 Å². The Balaban J connectivity index is 2.13. The summed E-state index contributed by atoms with van der Waals surface area (Å²) in [5.74, 6) is 0.600. The molecule has 1 aromatic heterocycles. The van der Waals surface area contributed by atoms with Gasteiger partial charge in [0.1, 0.15) is 0 Å². The Kier molecular flexibility index (Phi) is 3.90. The maximum atomic E-state index is 5.35. The Morgan fingerprint density at radius 3 is 2.88 bits per heavy atom. The fourth-order valence-corrected chi connectivity index (χ4v) is 1.93. The third-order valence-electron chi connectivity index (χ3n) is 2.48. The number of morpholine rings is 1. The van der Waals surface area contributed by atoms with E-state index in [4.69, 9.17) is 9.47 Å². The summed E-state index contributed by atoms with van der Waals surface area (Å²) in [5, 5.41) is 0. The topological polar surface area (TPSA) is 34.6 Å². The van der Waals surface area contributed by atoms with Crippen molar-refractivity contribution in [3.8, 4) is 5.88 Å². The van der Waals surface area contributed by atoms with E-state index in [1.54, 1.807) is 0 Å². The van der Waals surface area contributed by atoms with Gasteiger partial charge >= 0.3 is 0 Å². The molecule has 2 heterocycles. The molecule has 0 bridgehead atoms. The zero-order valence-electron chi connectivity index (χ0n) is 9.35. The first-order valence-electron chi connectivity index (χ1n) is 5.45. The number of aromatic nitrogens is 1. The van der Waals surface area contributed by atoms with Crippen LogP contribution in [0, 0.1) is 0 Å². The van der Waals surface area contributed by atoms with Crippen LogP contribution in [0.25, 0.3) is 0 Å². The van der Waals surface area contributed by atoms with Crippen LogP contribution in [0.2, 0.25) is 0 Å². The number of thiol groups is 1. The molecular formula is C11H16N2O2S. The first-order chi connectivity index (χ1) is 7.81. The van der Waals surface area contributed by atoms with Crippen molar-refractivity contribution in [2.45, 2.75) is 11.8 Å². The minimum absolute atomic E-state index is 0.600. The lowest BCUT2D eigenvalue weighted by atomic mass is 10.3. The van der Waals surface area contributed by atoms with Crippen LogP contribution in [0.4, 0.5) is 5.69 Å². The van der Waals surface area contributed by atoms with Crippen LogP contribution in [0.1, 0.15) is 6.92 Å². The SMILES string of the molecule is CCOc1ncc(N2CCOCC2)cc1S. The van der Waals surface area contributed by atoms with Crippen LogP contribution in [0.3, 0.4) is 0 Å². The predicted octanol–water partition coefficient (Wildman–Crippen LogP) is 1.61. The predicted molar refractivity (Wildman–Crippen MR) is 65.7 cm³/mol. The van der Waals surface area contributed by atoms with Gasteiger partial charge in [-0.25, -0.2) is 4.98 Å². The van der Waals surface area contributed by atoms with Gasteiger partial charge < -0.3 is 14.4 Å². The number of rotatable bonds is 3. The second kappa shape index (κ2) is 5.41. The van der Waals surface area contributed by atoms with Crippen LogP contribution >= 0.6 is 12.6 Å². The lowest BCUT2D eigenvalue weighted by molar-refractivity contribution is 0.122. The molecule has 1 fully saturated rings. The fraction of sp³-hybridized carbons (Fsp3) is 0.545. The molecule has 1 aliphatic rings. The zero-order valence-corrected chi connectivity index (χ0v) is 10.2. The molecule has 1 aliphatic heterocycles. The van der Waals surface area contributed by atoms with Crippen LogP contribution in [-0.2, 0) is 4.74 Å². The highest BCUT2D eigenvalue weighted by Crippen LogP contribution is 2.25. The highest BCUT2D eigenvalue weighted by molar-refractivity contribution is 7.80. The van der Waals surface area contributed by atoms with Crippen molar-refractivity contribution in [3.05, 3.63) is 12.3 Å². The van der Waals surface area contributed by atoms with Crippen molar-refractivity contribution in [3.63, 3.8) is 0 Å². The molecule has 16 heavy (non-hydrogen) atoms. The standard InChI is InChI=1S/C11H16N2O2S/c1-2-15-11-10(16)7-9(8-12-11)13-3-5-14-6-4-13/h7-8,16H,2-6H2,1H3. The summed E-state index contributed by atoms with van der Waals surface area (Å²) < 4.78 is 10.7. The van der Waals surface area contributed by atoms with Gasteiger partial charge in [-0.15, -0.1) is 12.6 Å². The highest BCUT2D eigenvalue weighted by Gasteiger charge is 2.13. The smallest absolute Gasteiger partial charge is 0.227 e. The average Bonchev–Trinajstić information content (AvgIpc) is 2.33. The third-order valence-corrected chi connectivity index (χ3v) is 2.80. The van der Waals surface area contributed by atoms with E-state index in [1.807, 2.05) is 19.2 Å². The van der Waals surface area contributed by atoms with Crippen molar-refractivity contribution in [2.24, 2.45) is 0 Å². The highest BCUT2D eigenvalue weighted by atomic mass is 32.1. The van der Waals surface area contributed by atoms with E-state index in [0.717, 1.165) is 36.9 Å². The van der Waals surface area contributed by atoms with E-state index in [-0.39, 0.29) is 0 Å². The number of hydrogen-bond donors (Lipinski definition) is 1. The van der Waals surface area contributed by atoms with Crippen LogP contribution in [0.5, 0.6) is 5.88 Å². The van der Waals surface area contributed by atoms with Crippen molar-refractivity contribution >= 4 is 18.3 Å². The largest absolute Gasteiger partial charge is 0.477 e. The molecule has 0 N–H and O–H groups in total. The van der Waals surface area contributed by atoms with Gasteiger partial charge in [-0.3, -0.25) is 0 Å². The summed E-state index contributed by atoms with van der Waals surface area (Å²) >= 11 is 4.38. The molecule has 88 valence electrons. The molecule has 2 rings (SSSR count). The van der Waals surface area contributed by atoms with E-state index in [2.05, 4.69) is 22.5 Å². The summed E-state index contributed by atoms with van der Waals surface area (Å²) in [6, 6.07) is 1.99. The number of hydrogen-bond acceptors (Lipinski definition) is 5. The Hall–Kier alpha value is -0.940. The Morgan fingerprint density at radius 1 is 1.50 bits per heavy atom. The Labute approximate surface area is 101 Å². The molecule has 0 aromatic carbocycles. The number of ether oxygens (including phenoxy) is 2. The van der Waals surface area contributed by atoms with Gasteiger partial charge in [-0.1, -0.05) is 0 Å².